The van der Waals surface area contributed by atoms with Crippen LogP contribution in [-0.4, -0.2) is 20.3 Å². The van der Waals surface area contributed by atoms with Crippen molar-refractivity contribution in [2.75, 3.05) is 0 Å². The minimum Gasteiger partial charge on any atom is -0.294 e. The fourth-order valence-electron chi connectivity index (χ4n) is 9.58. The van der Waals surface area contributed by atoms with Crippen LogP contribution < -0.4 is 0 Å². The van der Waals surface area contributed by atoms with E-state index in [1.54, 1.807) is 0 Å². The number of hydrogen-bond donors (Lipinski definition) is 0. The Hall–Kier alpha value is -8.34. The first-order valence-electron chi connectivity index (χ1n) is 24.3. The Bertz CT molecular complexity index is 3460. The van der Waals surface area contributed by atoms with Gasteiger partial charge in [-0.15, -0.1) is 0 Å². The van der Waals surface area contributed by atoms with Crippen LogP contribution in [-0.2, 0) is 6.42 Å². The van der Waals surface area contributed by atoms with E-state index in [9.17, 15) is 0 Å². The van der Waals surface area contributed by atoms with Crippen LogP contribution in [0.1, 0.15) is 83.0 Å². The summed E-state index contributed by atoms with van der Waals surface area (Å²) in [5.41, 5.74) is 23.7. The molecule has 2 aliphatic rings. The normalized spacial score (nSPS) is 13.8. The smallest absolute Gasteiger partial charge is 0.146 e. The fraction of sp³-hybridized carbons (Fsp3) is 0.121. The number of hydrogen-bond acceptors (Lipinski definition) is 3. The number of aryl methyl sites for hydroxylation is 4. The topological polar surface area (TPSA) is 33.4 Å². The maximum Gasteiger partial charge on any atom is 0.146 e. The van der Waals surface area contributed by atoms with E-state index in [2.05, 4.69) is 239 Å². The summed E-state index contributed by atoms with van der Waals surface area (Å²) in [5.74, 6) is 1.70. The third kappa shape index (κ3) is 8.81. The Morgan fingerprint density at radius 3 is 1.81 bits per heavy atom. The second-order valence-electron chi connectivity index (χ2n) is 18.6. The maximum absolute atomic E-state index is 5.52. The van der Waals surface area contributed by atoms with Gasteiger partial charge in [0.05, 0.1) is 22.8 Å². The van der Waals surface area contributed by atoms with E-state index in [4.69, 9.17) is 23.1 Å². The molecule has 70 heavy (non-hydrogen) atoms. The zero-order valence-electron chi connectivity index (χ0n) is 41.1. The Morgan fingerprint density at radius 1 is 0.586 bits per heavy atom. The number of aliphatic imine (C=N–C) groups is 1. The quantitative estimate of drug-likeness (QED) is 0.121. The van der Waals surface area contributed by atoms with Crippen molar-refractivity contribution in [3.8, 4) is 33.8 Å². The summed E-state index contributed by atoms with van der Waals surface area (Å²) < 4.78 is 2.29. The zero-order chi connectivity index (χ0) is 48.5. The van der Waals surface area contributed by atoms with Crippen molar-refractivity contribution in [2.24, 2.45) is 4.99 Å². The molecule has 0 saturated heterocycles. The van der Waals surface area contributed by atoms with Crippen molar-refractivity contribution < 1.29 is 0 Å². The Balaban J connectivity index is 1.04. The lowest BCUT2D eigenvalue weighted by atomic mass is 9.95. The highest BCUT2D eigenvalue weighted by molar-refractivity contribution is 6.15. The highest BCUT2D eigenvalue weighted by Gasteiger charge is 2.30. The molecule has 7 aromatic carbocycles. The van der Waals surface area contributed by atoms with Gasteiger partial charge < -0.3 is 0 Å². The van der Waals surface area contributed by atoms with Gasteiger partial charge in [0.2, 0.25) is 0 Å². The number of imidazole rings is 1. The average Bonchev–Trinajstić information content (AvgIpc) is 3.65. The minimum absolute atomic E-state index is 0.828. The monoisotopic (exact) mass is 906 g/mol. The molecular formula is C66H58N4. The number of allylic oxidation sites excluding steroid dienone is 7. The van der Waals surface area contributed by atoms with Gasteiger partial charge in [-0.1, -0.05) is 225 Å². The predicted octanol–water partition coefficient (Wildman–Crippen LogP) is 17.1. The largest absolute Gasteiger partial charge is 0.294 e. The molecule has 1 aliphatic heterocycles. The van der Waals surface area contributed by atoms with Crippen LogP contribution in [0.5, 0.6) is 0 Å². The van der Waals surface area contributed by atoms with Crippen molar-refractivity contribution in [1.29, 1.82) is 0 Å². The summed E-state index contributed by atoms with van der Waals surface area (Å²) in [6, 6.07) is 60.8. The summed E-state index contributed by atoms with van der Waals surface area (Å²) in [4.78, 5) is 13.2. The number of aromatic nitrogens is 2. The Morgan fingerprint density at radius 2 is 1.16 bits per heavy atom. The van der Waals surface area contributed by atoms with Gasteiger partial charge in [-0.2, -0.15) is 0 Å². The molecule has 2 heterocycles. The van der Waals surface area contributed by atoms with Gasteiger partial charge >= 0.3 is 0 Å². The van der Waals surface area contributed by atoms with Gasteiger partial charge in [0, 0.05) is 33.6 Å². The lowest BCUT2D eigenvalue weighted by Gasteiger charge is -2.36. The van der Waals surface area contributed by atoms with E-state index < -0.39 is 0 Å². The zero-order valence-corrected chi connectivity index (χ0v) is 41.1. The van der Waals surface area contributed by atoms with Gasteiger partial charge in [-0.3, -0.25) is 9.47 Å². The van der Waals surface area contributed by atoms with E-state index in [-0.39, 0.29) is 0 Å². The standard InChI is InChI=1S/C66H58N4/c1-9-50-26-33-55(34-27-50)62-64(56-17-14-15-43(2)23-30-56)69(66(68-62)59-18-11-10-16-46(59)5)48(7)52-35-37-53(38-36-52)54-39-41-58(42-40-54)65-67-61-20-13-12-19-60(61)49(8)70(65)63(57-31-24-45(4)25-32-57)47(6)51-28-21-44(3)22-29-51/h10-13,15-42H,7-9,14H2,1-6H3/b63-47+. The average molecular weight is 907 g/mol. The molecule has 1 aromatic heterocycles. The summed E-state index contributed by atoms with van der Waals surface area (Å²) in [7, 11) is 0. The molecule has 0 bridgehead atoms. The first kappa shape index (κ1) is 45.4. The number of amidine groups is 1. The van der Waals surface area contributed by atoms with E-state index >= 15 is 0 Å². The first-order valence-corrected chi connectivity index (χ1v) is 24.3. The van der Waals surface area contributed by atoms with Crippen molar-refractivity contribution >= 4 is 39.8 Å². The first-order chi connectivity index (χ1) is 34.1. The number of para-hydroxylation sites is 1. The third-order valence-corrected chi connectivity index (χ3v) is 13.8. The van der Waals surface area contributed by atoms with Crippen LogP contribution in [0.4, 0.5) is 5.69 Å². The Labute approximate surface area is 414 Å². The van der Waals surface area contributed by atoms with Gasteiger partial charge in [-0.05, 0) is 104 Å². The van der Waals surface area contributed by atoms with E-state index in [0.29, 0.717) is 0 Å². The molecule has 10 rings (SSSR count). The predicted molar refractivity (Wildman–Crippen MR) is 297 cm³/mol. The molecule has 1 aliphatic carbocycles. The van der Waals surface area contributed by atoms with Crippen molar-refractivity contribution in [2.45, 2.75) is 54.4 Å². The minimum atomic E-state index is 0.828. The van der Waals surface area contributed by atoms with Crippen LogP contribution in [0.15, 0.2) is 218 Å². The van der Waals surface area contributed by atoms with Gasteiger partial charge in [0.25, 0.3) is 0 Å². The molecule has 0 amide bonds. The van der Waals surface area contributed by atoms with Crippen molar-refractivity contribution in [3.63, 3.8) is 0 Å². The molecule has 0 atom stereocenters. The molecule has 0 saturated carbocycles. The lowest BCUT2D eigenvalue weighted by Crippen LogP contribution is -2.31. The molecule has 0 spiro atoms. The second kappa shape index (κ2) is 19.3. The third-order valence-electron chi connectivity index (χ3n) is 13.8. The number of rotatable bonds is 11. The van der Waals surface area contributed by atoms with Crippen LogP contribution in [0.3, 0.4) is 0 Å². The van der Waals surface area contributed by atoms with Gasteiger partial charge in [0.15, 0.2) is 0 Å². The molecule has 8 aromatic rings. The van der Waals surface area contributed by atoms with Crippen LogP contribution in [0.25, 0.3) is 62.0 Å². The van der Waals surface area contributed by atoms with Crippen molar-refractivity contribution in [1.82, 2.24) is 14.5 Å². The molecular weight excluding hydrogens is 849 g/mol. The van der Waals surface area contributed by atoms with Crippen molar-refractivity contribution in [3.05, 3.63) is 269 Å². The summed E-state index contributed by atoms with van der Waals surface area (Å²) in [6.45, 7) is 22.6. The molecule has 0 fully saturated rings. The molecule has 4 heteroatoms. The summed E-state index contributed by atoms with van der Waals surface area (Å²) in [6.07, 6.45) is 10.8. The molecule has 0 N–H and O–H groups in total. The summed E-state index contributed by atoms with van der Waals surface area (Å²) in [5, 5.41) is 0. The highest BCUT2D eigenvalue weighted by Crippen LogP contribution is 2.43. The highest BCUT2D eigenvalue weighted by atomic mass is 15.2. The number of fused-ring (bicyclic) bond motifs is 1. The van der Waals surface area contributed by atoms with E-state index in [1.165, 1.54) is 22.3 Å². The van der Waals surface area contributed by atoms with Crippen LogP contribution in [0.2, 0.25) is 0 Å². The lowest BCUT2D eigenvalue weighted by molar-refractivity contribution is 0.813. The molecule has 4 nitrogen and oxygen atoms in total. The van der Waals surface area contributed by atoms with Crippen LogP contribution in [0, 0.1) is 20.8 Å². The van der Waals surface area contributed by atoms with Crippen LogP contribution >= 0.6 is 0 Å². The maximum atomic E-state index is 5.52. The summed E-state index contributed by atoms with van der Waals surface area (Å²) >= 11 is 0. The molecule has 342 valence electrons. The number of nitrogens with zero attached hydrogens (tertiary/aromatic N) is 4. The number of benzene rings is 7. The second-order valence-corrected chi connectivity index (χ2v) is 18.6. The fourth-order valence-corrected chi connectivity index (χ4v) is 9.58. The molecule has 0 unspecified atom stereocenters. The van der Waals surface area contributed by atoms with E-state index in [0.717, 1.165) is 125 Å². The Kier molecular flexibility index (Phi) is 12.6. The van der Waals surface area contributed by atoms with Gasteiger partial charge in [-0.25, -0.2) is 9.98 Å². The van der Waals surface area contributed by atoms with E-state index in [1.807, 2.05) is 6.07 Å². The SMILES string of the molecule is C=C1c2ccccc2N=C(c2ccc(-c3ccc(C(=C)n4c(-c5ccccc5C)nc(-c5ccc(CC)cc5)c4C4=CCC=C(C)C=C4)cc3)cc2)N1/C(=C(\C)c1ccc(C)cc1)c1ccc(C)cc1. The van der Waals surface area contributed by atoms with Gasteiger partial charge in [0.1, 0.15) is 11.7 Å². The molecule has 0 radical (unpaired) electrons.